The summed E-state index contributed by atoms with van der Waals surface area (Å²) in [6.07, 6.45) is 18.6. The van der Waals surface area contributed by atoms with E-state index in [0.29, 0.717) is 28.7 Å². The second-order valence-corrected chi connectivity index (χ2v) is 9.47. The third-order valence-corrected chi connectivity index (χ3v) is 7.13. The van der Waals surface area contributed by atoms with Crippen LogP contribution in [0.4, 0.5) is 0 Å². The lowest BCUT2D eigenvalue weighted by Gasteiger charge is -2.35. The fourth-order valence-corrected chi connectivity index (χ4v) is 5.58. The molecular formula is C20H29Br2N. The number of hydrogen-bond donors (Lipinski definition) is 0. The summed E-state index contributed by atoms with van der Waals surface area (Å²) in [7, 11) is 0. The second kappa shape index (κ2) is 8.01. The van der Waals surface area contributed by atoms with Gasteiger partial charge in [-0.1, -0.05) is 95.3 Å². The van der Waals surface area contributed by atoms with Gasteiger partial charge in [0.1, 0.15) is 0 Å². The molecule has 23 heavy (non-hydrogen) atoms. The van der Waals surface area contributed by atoms with Crippen molar-refractivity contribution < 1.29 is 0 Å². The van der Waals surface area contributed by atoms with Crippen LogP contribution < -0.4 is 0 Å². The monoisotopic (exact) mass is 441 g/mol. The predicted molar refractivity (Wildman–Crippen MR) is 107 cm³/mol. The lowest BCUT2D eigenvalue weighted by molar-refractivity contribution is 0.158. The Bertz CT molecular complexity index is 496. The van der Waals surface area contributed by atoms with E-state index in [-0.39, 0.29) is 0 Å². The number of rotatable bonds is 6. The minimum Gasteiger partial charge on any atom is -0.292 e. The summed E-state index contributed by atoms with van der Waals surface area (Å²) < 4.78 is 1.25. The molecule has 6 atom stereocenters. The maximum Gasteiger partial charge on any atom is 0.0364 e. The van der Waals surface area contributed by atoms with Gasteiger partial charge in [-0.3, -0.25) is 4.90 Å². The molecule has 3 unspecified atom stereocenters. The van der Waals surface area contributed by atoms with Gasteiger partial charge in [0, 0.05) is 39.8 Å². The van der Waals surface area contributed by atoms with E-state index in [0.717, 1.165) is 5.92 Å². The Labute approximate surface area is 158 Å². The molecule has 0 radical (unpaired) electrons. The number of fused-ring (bicyclic) bond motifs is 3. The summed E-state index contributed by atoms with van der Waals surface area (Å²) in [6, 6.07) is 1.26. The van der Waals surface area contributed by atoms with E-state index in [1.54, 1.807) is 0 Å². The molecule has 0 spiro atoms. The first kappa shape index (κ1) is 17.9. The van der Waals surface area contributed by atoms with Crippen LogP contribution in [0.2, 0.25) is 0 Å². The van der Waals surface area contributed by atoms with Gasteiger partial charge in [0.05, 0.1) is 0 Å². The molecule has 0 amide bonds. The average Bonchev–Trinajstić information content (AvgIpc) is 2.83. The number of alkyl halides is 1. The number of hydrogen-bond acceptors (Lipinski definition) is 1. The summed E-state index contributed by atoms with van der Waals surface area (Å²) in [6.45, 7) is 5.94. The highest BCUT2D eigenvalue weighted by Crippen LogP contribution is 2.46. The molecule has 0 aromatic carbocycles. The van der Waals surface area contributed by atoms with Gasteiger partial charge in [0.15, 0.2) is 0 Å². The van der Waals surface area contributed by atoms with E-state index < -0.39 is 0 Å². The van der Waals surface area contributed by atoms with Gasteiger partial charge >= 0.3 is 0 Å². The molecule has 1 nitrogen and oxygen atoms in total. The molecule has 3 rings (SSSR count). The van der Waals surface area contributed by atoms with Crippen molar-refractivity contribution in [1.82, 2.24) is 4.90 Å². The van der Waals surface area contributed by atoms with Gasteiger partial charge < -0.3 is 0 Å². The molecule has 3 heteroatoms. The lowest BCUT2D eigenvalue weighted by atomic mass is 9.81. The lowest BCUT2D eigenvalue weighted by Crippen LogP contribution is -2.42. The zero-order chi connectivity index (χ0) is 16.4. The third kappa shape index (κ3) is 3.88. The van der Waals surface area contributed by atoms with Crippen LogP contribution in [-0.4, -0.2) is 28.4 Å². The maximum absolute atomic E-state index is 3.83. The Morgan fingerprint density at radius 3 is 2.78 bits per heavy atom. The summed E-state index contributed by atoms with van der Waals surface area (Å²) in [5.41, 5.74) is 0. The van der Waals surface area contributed by atoms with Crippen LogP contribution in [0.15, 0.2) is 34.9 Å². The molecule has 1 saturated heterocycles. The molecule has 1 aliphatic heterocycles. The molecule has 1 fully saturated rings. The first-order valence-electron chi connectivity index (χ1n) is 9.27. The quantitative estimate of drug-likeness (QED) is 0.356. The van der Waals surface area contributed by atoms with Crippen molar-refractivity contribution in [2.24, 2.45) is 17.8 Å². The highest BCUT2D eigenvalue weighted by atomic mass is 79.9. The van der Waals surface area contributed by atoms with Gasteiger partial charge in [-0.05, 0) is 18.8 Å². The van der Waals surface area contributed by atoms with Crippen molar-refractivity contribution in [2.45, 2.75) is 62.9 Å². The molecule has 3 aliphatic rings. The van der Waals surface area contributed by atoms with Gasteiger partial charge in [0.2, 0.25) is 0 Å². The number of unbranched alkanes of at least 4 members (excludes halogenated alkanes) is 1. The van der Waals surface area contributed by atoms with Crippen molar-refractivity contribution in [1.29, 1.82) is 0 Å². The van der Waals surface area contributed by atoms with Crippen molar-refractivity contribution >= 4 is 31.9 Å². The Morgan fingerprint density at radius 2 is 2.04 bits per heavy atom. The molecule has 128 valence electrons. The molecule has 1 heterocycles. The van der Waals surface area contributed by atoms with Crippen LogP contribution in [0, 0.1) is 17.8 Å². The van der Waals surface area contributed by atoms with E-state index in [9.17, 15) is 0 Å². The molecule has 0 aromatic rings. The summed E-state index contributed by atoms with van der Waals surface area (Å²) in [5, 5.41) is 0. The molecule has 0 saturated carbocycles. The SMILES string of the molecule is CCCCC(CC)CN1C2C[C@@H](Br)C=C[C@H]2[C@H]2C=CC(Br)=CC21. The fourth-order valence-electron chi connectivity index (χ4n) is 4.60. The van der Waals surface area contributed by atoms with Gasteiger partial charge in [-0.15, -0.1) is 0 Å². The zero-order valence-corrected chi connectivity index (χ0v) is 17.5. The van der Waals surface area contributed by atoms with Crippen molar-refractivity contribution in [3.63, 3.8) is 0 Å². The number of likely N-dealkylation sites (tertiary alicyclic amines) is 1. The molecule has 2 aliphatic carbocycles. The van der Waals surface area contributed by atoms with E-state index in [2.05, 4.69) is 81.0 Å². The summed E-state index contributed by atoms with van der Waals surface area (Å²) in [4.78, 5) is 3.38. The van der Waals surface area contributed by atoms with Crippen LogP contribution in [0.1, 0.15) is 46.0 Å². The van der Waals surface area contributed by atoms with Gasteiger partial charge in [0.25, 0.3) is 0 Å². The van der Waals surface area contributed by atoms with Crippen LogP contribution in [0.5, 0.6) is 0 Å². The molecule has 0 bridgehead atoms. The van der Waals surface area contributed by atoms with Crippen molar-refractivity contribution in [2.75, 3.05) is 6.54 Å². The minimum absolute atomic E-state index is 0.540. The zero-order valence-electron chi connectivity index (χ0n) is 14.3. The minimum atomic E-state index is 0.540. The third-order valence-electron chi connectivity index (χ3n) is 5.92. The number of halogens is 2. The molecule has 0 N–H and O–H groups in total. The van der Waals surface area contributed by atoms with E-state index >= 15 is 0 Å². The number of nitrogens with zero attached hydrogens (tertiary/aromatic N) is 1. The normalized spacial score (nSPS) is 37.4. The largest absolute Gasteiger partial charge is 0.292 e. The summed E-state index contributed by atoms with van der Waals surface area (Å²) in [5.74, 6) is 2.18. The van der Waals surface area contributed by atoms with Crippen LogP contribution in [-0.2, 0) is 0 Å². The molecular weight excluding hydrogens is 414 g/mol. The fraction of sp³-hybridized carbons (Fsp3) is 0.700. The predicted octanol–water partition coefficient (Wildman–Crippen LogP) is 6.06. The second-order valence-electron chi connectivity index (χ2n) is 7.37. The van der Waals surface area contributed by atoms with Crippen molar-refractivity contribution in [3.8, 4) is 0 Å². The summed E-state index contributed by atoms with van der Waals surface area (Å²) >= 11 is 7.54. The number of allylic oxidation sites excluding steroid dienone is 3. The topological polar surface area (TPSA) is 3.24 Å². The van der Waals surface area contributed by atoms with Gasteiger partial charge in [-0.25, -0.2) is 0 Å². The van der Waals surface area contributed by atoms with E-state index in [4.69, 9.17) is 0 Å². The van der Waals surface area contributed by atoms with Crippen LogP contribution >= 0.6 is 31.9 Å². The Balaban J connectivity index is 1.81. The van der Waals surface area contributed by atoms with Crippen LogP contribution in [0.3, 0.4) is 0 Å². The van der Waals surface area contributed by atoms with Crippen LogP contribution in [0.25, 0.3) is 0 Å². The first-order chi connectivity index (χ1) is 11.1. The van der Waals surface area contributed by atoms with E-state index in [1.807, 2.05) is 0 Å². The maximum atomic E-state index is 3.83. The highest BCUT2D eigenvalue weighted by Gasteiger charge is 2.48. The van der Waals surface area contributed by atoms with Crippen molar-refractivity contribution in [3.05, 3.63) is 34.9 Å². The standard InChI is InChI=1S/C20H29Br2N/c1-3-5-6-14(4-2)13-23-19-11-15(21)7-9-17(19)18-10-8-16(22)12-20(18)23/h7-11,14,16-20H,3-6,12-13H2,1-2H3/t14?,16-,17+,18-,19?,20?/m0/s1. The smallest absolute Gasteiger partial charge is 0.0364 e. The first-order valence-corrected chi connectivity index (χ1v) is 11.0. The Hall–Kier alpha value is 0.140. The van der Waals surface area contributed by atoms with E-state index in [1.165, 1.54) is 43.1 Å². The molecule has 0 aromatic heterocycles. The Morgan fingerprint density at radius 1 is 1.22 bits per heavy atom. The average molecular weight is 443 g/mol. The highest BCUT2D eigenvalue weighted by molar-refractivity contribution is 9.11. The van der Waals surface area contributed by atoms with Gasteiger partial charge in [-0.2, -0.15) is 0 Å². The Kier molecular flexibility index (Phi) is 6.25.